The molecule has 0 amide bonds. The van der Waals surface area contributed by atoms with Crippen LogP contribution in [0.2, 0.25) is 0 Å². The molecule has 3 aromatic rings. The first-order chi connectivity index (χ1) is 15.3. The lowest BCUT2D eigenvalue weighted by atomic mass is 9.91. The maximum absolute atomic E-state index is 6.76. The van der Waals surface area contributed by atoms with Gasteiger partial charge in [-0.15, -0.1) is 0 Å². The molecule has 1 aliphatic carbocycles. The Morgan fingerprint density at radius 1 is 0.839 bits per heavy atom. The first-order valence-electron chi connectivity index (χ1n) is 11.6. The number of hydrogen-bond donors (Lipinski definition) is 0. The number of benzene rings is 3. The topological polar surface area (TPSA) is 21.7 Å². The summed E-state index contributed by atoms with van der Waals surface area (Å²) in [6.45, 7) is 3.89. The molecular formula is C28H29NO2. The van der Waals surface area contributed by atoms with Crippen molar-refractivity contribution in [2.24, 2.45) is 5.92 Å². The van der Waals surface area contributed by atoms with Crippen molar-refractivity contribution in [1.29, 1.82) is 0 Å². The number of hydrogen-bond acceptors (Lipinski definition) is 3. The standard InChI is InChI=1S/C28H29NO2/c1-2-9-21(10-3-1)17-22-11-8-16-29(18-22)19-23-20-30-28(31-23)26-14-6-4-12-24(26)25-13-5-7-15-27(25)28/h1-7,9-10,12-15,22-23H,8,11,16-20H2. The largest absolute Gasteiger partial charge is 0.339 e. The van der Waals surface area contributed by atoms with Crippen LogP contribution < -0.4 is 0 Å². The van der Waals surface area contributed by atoms with E-state index in [0.29, 0.717) is 6.61 Å². The van der Waals surface area contributed by atoms with Crippen LogP contribution in [0.4, 0.5) is 0 Å². The highest BCUT2D eigenvalue weighted by Crippen LogP contribution is 2.52. The number of nitrogens with zero attached hydrogens (tertiary/aromatic N) is 1. The van der Waals surface area contributed by atoms with E-state index in [0.717, 1.165) is 36.7 Å². The molecule has 2 saturated heterocycles. The lowest BCUT2D eigenvalue weighted by Crippen LogP contribution is -2.42. The van der Waals surface area contributed by atoms with E-state index in [-0.39, 0.29) is 6.10 Å². The molecule has 3 nitrogen and oxygen atoms in total. The fourth-order valence-electron chi connectivity index (χ4n) is 5.76. The van der Waals surface area contributed by atoms with Crippen LogP contribution in [0.1, 0.15) is 29.5 Å². The van der Waals surface area contributed by atoms with Crippen LogP contribution in [0, 0.1) is 5.92 Å². The lowest BCUT2D eigenvalue weighted by Gasteiger charge is -2.34. The predicted octanol–water partition coefficient (Wildman–Crippen LogP) is 5.24. The van der Waals surface area contributed by atoms with Crippen LogP contribution in [-0.2, 0) is 21.7 Å². The van der Waals surface area contributed by atoms with E-state index in [9.17, 15) is 0 Å². The van der Waals surface area contributed by atoms with Crippen molar-refractivity contribution in [2.75, 3.05) is 26.2 Å². The van der Waals surface area contributed by atoms with E-state index in [2.05, 4.69) is 83.8 Å². The molecule has 2 fully saturated rings. The number of likely N-dealkylation sites (tertiary alicyclic amines) is 1. The normalized spacial score (nSPS) is 24.3. The van der Waals surface area contributed by atoms with Crippen molar-refractivity contribution in [1.82, 2.24) is 4.90 Å². The van der Waals surface area contributed by atoms with Crippen molar-refractivity contribution in [3.63, 3.8) is 0 Å². The number of rotatable bonds is 4. The second kappa shape index (κ2) is 7.90. The van der Waals surface area contributed by atoms with Gasteiger partial charge in [0.1, 0.15) is 0 Å². The van der Waals surface area contributed by atoms with Crippen LogP contribution in [0.15, 0.2) is 78.9 Å². The summed E-state index contributed by atoms with van der Waals surface area (Å²) in [6.07, 6.45) is 3.85. The molecule has 2 atom stereocenters. The molecule has 2 heterocycles. The summed E-state index contributed by atoms with van der Waals surface area (Å²) in [7, 11) is 0. The molecule has 0 N–H and O–H groups in total. The van der Waals surface area contributed by atoms with Crippen molar-refractivity contribution in [3.05, 3.63) is 95.6 Å². The van der Waals surface area contributed by atoms with Crippen molar-refractivity contribution in [2.45, 2.75) is 31.2 Å². The van der Waals surface area contributed by atoms with Gasteiger partial charge in [0.2, 0.25) is 5.79 Å². The maximum Gasteiger partial charge on any atom is 0.224 e. The average Bonchev–Trinajstić information content (AvgIpc) is 3.36. The van der Waals surface area contributed by atoms with Gasteiger partial charge in [-0.25, -0.2) is 0 Å². The molecule has 6 rings (SSSR count). The molecule has 2 unspecified atom stereocenters. The van der Waals surface area contributed by atoms with Gasteiger partial charge < -0.3 is 14.4 Å². The first kappa shape index (κ1) is 19.2. The van der Waals surface area contributed by atoms with Gasteiger partial charge in [0.05, 0.1) is 12.7 Å². The Morgan fingerprint density at radius 3 is 2.26 bits per heavy atom. The third-order valence-electron chi connectivity index (χ3n) is 7.09. The van der Waals surface area contributed by atoms with Gasteiger partial charge >= 0.3 is 0 Å². The zero-order chi connectivity index (χ0) is 20.7. The fourth-order valence-corrected chi connectivity index (χ4v) is 5.76. The Hall–Kier alpha value is -2.46. The van der Waals surface area contributed by atoms with E-state index in [4.69, 9.17) is 9.47 Å². The van der Waals surface area contributed by atoms with E-state index >= 15 is 0 Å². The summed E-state index contributed by atoms with van der Waals surface area (Å²) in [5.41, 5.74) is 6.23. The Balaban J connectivity index is 1.17. The highest BCUT2D eigenvalue weighted by Gasteiger charge is 2.51. The minimum atomic E-state index is -0.739. The second-order valence-corrected chi connectivity index (χ2v) is 9.22. The highest BCUT2D eigenvalue weighted by atomic mass is 16.7. The van der Waals surface area contributed by atoms with Crippen LogP contribution in [0.3, 0.4) is 0 Å². The lowest BCUT2D eigenvalue weighted by molar-refractivity contribution is -0.141. The maximum atomic E-state index is 6.76. The molecule has 0 radical (unpaired) electrons. The molecule has 0 bridgehead atoms. The predicted molar refractivity (Wildman–Crippen MR) is 123 cm³/mol. The van der Waals surface area contributed by atoms with Crippen LogP contribution >= 0.6 is 0 Å². The average molecular weight is 412 g/mol. The molecule has 158 valence electrons. The van der Waals surface area contributed by atoms with Crippen LogP contribution in [0.5, 0.6) is 0 Å². The van der Waals surface area contributed by atoms with E-state index in [1.165, 1.54) is 36.0 Å². The molecular weight excluding hydrogens is 382 g/mol. The smallest absolute Gasteiger partial charge is 0.224 e. The van der Waals surface area contributed by atoms with E-state index < -0.39 is 5.79 Å². The number of fused-ring (bicyclic) bond motifs is 5. The second-order valence-electron chi connectivity index (χ2n) is 9.22. The van der Waals surface area contributed by atoms with Crippen molar-refractivity contribution >= 4 is 0 Å². The van der Waals surface area contributed by atoms with Gasteiger partial charge in [0.25, 0.3) is 0 Å². The third kappa shape index (κ3) is 3.41. The summed E-state index contributed by atoms with van der Waals surface area (Å²) in [5, 5.41) is 0. The van der Waals surface area contributed by atoms with Gasteiger partial charge in [-0.05, 0) is 48.4 Å². The Morgan fingerprint density at radius 2 is 1.52 bits per heavy atom. The summed E-state index contributed by atoms with van der Waals surface area (Å²) in [4.78, 5) is 2.59. The number of ether oxygens (including phenoxy) is 2. The molecule has 3 heteroatoms. The Bertz CT molecular complexity index is 1020. The summed E-state index contributed by atoms with van der Waals surface area (Å²) < 4.78 is 13.2. The highest BCUT2D eigenvalue weighted by molar-refractivity contribution is 5.79. The summed E-state index contributed by atoms with van der Waals surface area (Å²) in [5.74, 6) is -0.0164. The molecule has 3 aliphatic rings. The molecule has 31 heavy (non-hydrogen) atoms. The monoisotopic (exact) mass is 411 g/mol. The van der Waals surface area contributed by atoms with Gasteiger partial charge in [0, 0.05) is 24.2 Å². The fraction of sp³-hybridized carbons (Fsp3) is 0.357. The molecule has 3 aromatic carbocycles. The quantitative estimate of drug-likeness (QED) is 0.586. The molecule has 0 saturated carbocycles. The van der Waals surface area contributed by atoms with Crippen LogP contribution in [-0.4, -0.2) is 37.2 Å². The van der Waals surface area contributed by atoms with Crippen molar-refractivity contribution in [3.8, 4) is 11.1 Å². The minimum Gasteiger partial charge on any atom is -0.339 e. The summed E-state index contributed by atoms with van der Waals surface area (Å²) >= 11 is 0. The molecule has 1 spiro atoms. The first-order valence-corrected chi connectivity index (χ1v) is 11.6. The SMILES string of the molecule is c1ccc(CC2CCCN(CC3COC4(O3)c3ccccc3-c3ccccc34)C2)cc1. The Kier molecular flexibility index (Phi) is 4.91. The zero-order valence-electron chi connectivity index (χ0n) is 17.9. The zero-order valence-corrected chi connectivity index (χ0v) is 17.9. The Labute approximate surface area is 184 Å². The van der Waals surface area contributed by atoms with Crippen molar-refractivity contribution < 1.29 is 9.47 Å². The molecule has 0 aromatic heterocycles. The van der Waals surface area contributed by atoms with Crippen LogP contribution in [0.25, 0.3) is 11.1 Å². The van der Waals surface area contributed by atoms with E-state index in [1.54, 1.807) is 0 Å². The van der Waals surface area contributed by atoms with E-state index in [1.807, 2.05) is 0 Å². The van der Waals surface area contributed by atoms with Gasteiger partial charge in [-0.1, -0.05) is 78.9 Å². The van der Waals surface area contributed by atoms with Gasteiger partial charge in [-0.3, -0.25) is 0 Å². The third-order valence-corrected chi connectivity index (χ3v) is 7.09. The summed E-state index contributed by atoms with van der Waals surface area (Å²) in [6, 6.07) is 28.0. The van der Waals surface area contributed by atoms with Gasteiger partial charge in [0.15, 0.2) is 0 Å². The minimum absolute atomic E-state index is 0.0923. The van der Waals surface area contributed by atoms with Gasteiger partial charge in [-0.2, -0.15) is 0 Å². The number of piperidine rings is 1. The molecule has 2 aliphatic heterocycles.